The van der Waals surface area contributed by atoms with Crippen LogP contribution in [0.4, 0.5) is 0 Å². The average molecular weight is 406 g/mol. The summed E-state index contributed by atoms with van der Waals surface area (Å²) >= 11 is 7.40. The molecule has 136 valence electrons. The van der Waals surface area contributed by atoms with Gasteiger partial charge in [0.25, 0.3) is 5.91 Å². The van der Waals surface area contributed by atoms with E-state index in [2.05, 4.69) is 20.3 Å². The number of nitrogens with one attached hydrogen (secondary N) is 1. The molecule has 0 atom stereocenters. The van der Waals surface area contributed by atoms with Crippen molar-refractivity contribution < 1.29 is 4.79 Å². The number of benzene rings is 1. The van der Waals surface area contributed by atoms with Gasteiger partial charge in [-0.05, 0) is 47.7 Å². The fraction of sp³-hybridized carbons (Fsp3) is 0.0500. The predicted octanol–water partition coefficient (Wildman–Crippen LogP) is 3.91. The molecule has 0 saturated heterocycles. The number of nitriles is 1. The third-order valence-corrected chi connectivity index (χ3v) is 5.29. The molecule has 1 aliphatic heterocycles. The Kier molecular flexibility index (Phi) is 5.06. The molecule has 2 aromatic heterocycles. The van der Waals surface area contributed by atoms with E-state index in [-0.39, 0.29) is 5.91 Å². The van der Waals surface area contributed by atoms with Crippen LogP contribution in [0.2, 0.25) is 5.02 Å². The van der Waals surface area contributed by atoms with Gasteiger partial charge in [0.05, 0.1) is 27.2 Å². The molecule has 0 bridgehead atoms. The number of thioether (sulfide) groups is 1. The van der Waals surface area contributed by atoms with Gasteiger partial charge >= 0.3 is 0 Å². The number of carbonyl (C=O) groups is 1. The number of aromatic nitrogens is 2. The molecule has 0 radical (unpaired) electrons. The van der Waals surface area contributed by atoms with Crippen molar-refractivity contribution in [1.29, 1.82) is 5.26 Å². The number of nitrogens with zero attached hydrogens (tertiary/aromatic N) is 4. The number of pyridine rings is 2. The smallest absolute Gasteiger partial charge is 0.286 e. The maximum atomic E-state index is 12.2. The van der Waals surface area contributed by atoms with Gasteiger partial charge in [0, 0.05) is 17.8 Å². The van der Waals surface area contributed by atoms with E-state index in [0.717, 1.165) is 5.56 Å². The first-order valence-corrected chi connectivity index (χ1v) is 9.48. The highest BCUT2D eigenvalue weighted by Crippen LogP contribution is 2.28. The number of halogens is 1. The number of hydrogen-bond donors (Lipinski definition) is 1. The Hall–Kier alpha value is -3.21. The minimum atomic E-state index is -0.322. The molecule has 28 heavy (non-hydrogen) atoms. The summed E-state index contributed by atoms with van der Waals surface area (Å²) in [4.78, 5) is 25.4. The van der Waals surface area contributed by atoms with Gasteiger partial charge in [0.15, 0.2) is 5.17 Å². The Morgan fingerprint density at radius 3 is 2.89 bits per heavy atom. The van der Waals surface area contributed by atoms with Crippen LogP contribution in [0.5, 0.6) is 0 Å². The lowest BCUT2D eigenvalue weighted by atomic mass is 10.2. The molecule has 1 amide bonds. The van der Waals surface area contributed by atoms with Crippen LogP contribution in [0.1, 0.15) is 16.8 Å². The molecule has 1 aromatic carbocycles. The number of hydrogen-bond acceptors (Lipinski definition) is 6. The van der Waals surface area contributed by atoms with Crippen LogP contribution < -0.4 is 5.32 Å². The largest absolute Gasteiger partial charge is 0.360 e. The van der Waals surface area contributed by atoms with E-state index in [1.165, 1.54) is 18.0 Å². The predicted molar refractivity (Wildman–Crippen MR) is 111 cm³/mol. The Morgan fingerprint density at radius 1 is 1.21 bits per heavy atom. The summed E-state index contributed by atoms with van der Waals surface area (Å²) in [6, 6.07) is 14.8. The first kappa shape index (κ1) is 18.2. The molecule has 8 heteroatoms. The first-order valence-electron chi connectivity index (χ1n) is 8.29. The van der Waals surface area contributed by atoms with Crippen molar-refractivity contribution in [3.63, 3.8) is 0 Å². The molecule has 3 aromatic rings. The van der Waals surface area contributed by atoms with Gasteiger partial charge in [0.2, 0.25) is 0 Å². The number of aliphatic imine (C=N–C) groups is 1. The van der Waals surface area contributed by atoms with Gasteiger partial charge in [-0.1, -0.05) is 29.8 Å². The van der Waals surface area contributed by atoms with Crippen LogP contribution in [0.15, 0.2) is 58.6 Å². The fourth-order valence-corrected chi connectivity index (χ4v) is 3.59. The highest BCUT2D eigenvalue weighted by atomic mass is 35.5. The van der Waals surface area contributed by atoms with Gasteiger partial charge < -0.3 is 5.32 Å². The Bertz CT molecular complexity index is 1200. The summed E-state index contributed by atoms with van der Waals surface area (Å²) in [6.07, 6.45) is 3.18. The average Bonchev–Trinajstić information content (AvgIpc) is 3.06. The third kappa shape index (κ3) is 3.88. The van der Waals surface area contributed by atoms with Crippen molar-refractivity contribution in [2.24, 2.45) is 4.99 Å². The Morgan fingerprint density at radius 2 is 2.07 bits per heavy atom. The van der Waals surface area contributed by atoms with E-state index < -0.39 is 0 Å². The maximum absolute atomic E-state index is 12.2. The topological polar surface area (TPSA) is 91.0 Å². The van der Waals surface area contributed by atoms with E-state index in [0.29, 0.717) is 43.9 Å². The zero-order chi connectivity index (χ0) is 19.5. The molecular weight excluding hydrogens is 394 g/mol. The molecule has 0 fully saturated rings. The number of amides is 1. The summed E-state index contributed by atoms with van der Waals surface area (Å²) in [5.74, 6) is -0.322. The SMILES string of the molecule is N#Cc1cnc2ccc(C=C3SC(NCc4ccccc4Cl)=NC3=O)nc2c1. The highest BCUT2D eigenvalue weighted by molar-refractivity contribution is 8.18. The van der Waals surface area contributed by atoms with Gasteiger partial charge in [-0.3, -0.25) is 9.78 Å². The van der Waals surface area contributed by atoms with Crippen LogP contribution >= 0.6 is 23.4 Å². The van der Waals surface area contributed by atoms with E-state index in [1.807, 2.05) is 30.3 Å². The highest BCUT2D eigenvalue weighted by Gasteiger charge is 2.22. The lowest BCUT2D eigenvalue weighted by Crippen LogP contribution is -2.18. The molecule has 1 N–H and O–H groups in total. The lowest BCUT2D eigenvalue weighted by molar-refractivity contribution is -0.113. The van der Waals surface area contributed by atoms with Crippen molar-refractivity contribution in [2.75, 3.05) is 0 Å². The summed E-state index contributed by atoms with van der Waals surface area (Å²) in [5.41, 5.74) is 3.24. The number of amidine groups is 1. The van der Waals surface area contributed by atoms with Crippen LogP contribution in [0.3, 0.4) is 0 Å². The van der Waals surface area contributed by atoms with Crippen LogP contribution in [0.25, 0.3) is 17.1 Å². The van der Waals surface area contributed by atoms with E-state index in [1.54, 1.807) is 24.3 Å². The van der Waals surface area contributed by atoms with E-state index in [9.17, 15) is 4.79 Å². The lowest BCUT2D eigenvalue weighted by Gasteiger charge is -2.06. The second-order valence-corrected chi connectivity index (χ2v) is 7.33. The van der Waals surface area contributed by atoms with E-state index in [4.69, 9.17) is 16.9 Å². The minimum absolute atomic E-state index is 0.322. The number of rotatable bonds is 3. The molecule has 3 heterocycles. The van der Waals surface area contributed by atoms with Crippen molar-refractivity contribution >= 4 is 51.5 Å². The zero-order valence-electron chi connectivity index (χ0n) is 14.4. The van der Waals surface area contributed by atoms with Crippen molar-refractivity contribution in [3.8, 4) is 6.07 Å². The molecule has 6 nitrogen and oxygen atoms in total. The van der Waals surface area contributed by atoms with E-state index >= 15 is 0 Å². The quantitative estimate of drug-likeness (QED) is 0.664. The van der Waals surface area contributed by atoms with Crippen LogP contribution in [-0.4, -0.2) is 21.0 Å². The molecule has 1 aliphatic rings. The molecule has 0 spiro atoms. The van der Waals surface area contributed by atoms with Gasteiger partial charge in [0.1, 0.15) is 6.07 Å². The maximum Gasteiger partial charge on any atom is 0.286 e. The fourth-order valence-electron chi connectivity index (χ4n) is 2.60. The van der Waals surface area contributed by atoms with Gasteiger partial charge in [-0.25, -0.2) is 4.98 Å². The Balaban J connectivity index is 1.50. The van der Waals surface area contributed by atoms with Crippen molar-refractivity contribution in [3.05, 3.63) is 75.4 Å². The monoisotopic (exact) mass is 405 g/mol. The summed E-state index contributed by atoms with van der Waals surface area (Å²) < 4.78 is 0. The first-order chi connectivity index (χ1) is 13.6. The number of carbonyl (C=O) groups excluding carboxylic acids is 1. The molecule has 4 rings (SSSR count). The Labute approximate surface area is 170 Å². The van der Waals surface area contributed by atoms with Gasteiger partial charge in [-0.2, -0.15) is 10.3 Å². The second-order valence-electron chi connectivity index (χ2n) is 5.89. The third-order valence-electron chi connectivity index (χ3n) is 3.98. The second kappa shape index (κ2) is 7.80. The minimum Gasteiger partial charge on any atom is -0.360 e. The van der Waals surface area contributed by atoms with Crippen LogP contribution in [-0.2, 0) is 11.3 Å². The van der Waals surface area contributed by atoms with Crippen LogP contribution in [0, 0.1) is 11.3 Å². The molecule has 0 unspecified atom stereocenters. The van der Waals surface area contributed by atoms with Crippen molar-refractivity contribution in [2.45, 2.75) is 6.54 Å². The molecular formula is C20H12ClN5OS. The molecule has 0 saturated carbocycles. The number of fused-ring (bicyclic) bond motifs is 1. The van der Waals surface area contributed by atoms with Crippen molar-refractivity contribution in [1.82, 2.24) is 15.3 Å². The zero-order valence-corrected chi connectivity index (χ0v) is 16.0. The summed E-state index contributed by atoms with van der Waals surface area (Å²) in [7, 11) is 0. The standard InChI is InChI=1S/C20H12ClN5OS/c21-15-4-2-1-3-13(15)11-24-20-26-19(27)18(28-20)8-14-5-6-16-17(25-14)7-12(9-22)10-23-16/h1-8,10H,11H2,(H,24,26,27). The summed E-state index contributed by atoms with van der Waals surface area (Å²) in [6.45, 7) is 0.475. The molecule has 0 aliphatic carbocycles. The normalized spacial score (nSPS) is 14.9. The summed E-state index contributed by atoms with van der Waals surface area (Å²) in [5, 5.41) is 13.3. The van der Waals surface area contributed by atoms with Gasteiger partial charge in [-0.15, -0.1) is 0 Å².